The first-order valence-electron chi connectivity index (χ1n) is 7.51. The van der Waals surface area contributed by atoms with Crippen molar-refractivity contribution in [1.82, 2.24) is 4.72 Å². The Hall–Kier alpha value is -0.170. The molecule has 21 heavy (non-hydrogen) atoms. The topological polar surface area (TPSA) is 75.6 Å². The molecule has 2 aliphatic rings. The molecule has 2 N–H and O–H groups in total. The van der Waals surface area contributed by atoms with Gasteiger partial charge in [-0.05, 0) is 25.7 Å². The van der Waals surface area contributed by atoms with Crippen molar-refractivity contribution >= 4 is 28.6 Å². The molecule has 0 aromatic rings. The highest BCUT2D eigenvalue weighted by Gasteiger charge is 2.79. The Morgan fingerprint density at radius 2 is 2.24 bits per heavy atom. The number of ether oxygens (including phenoxy) is 1. The van der Waals surface area contributed by atoms with Gasteiger partial charge in [-0.25, -0.2) is 13.7 Å². The number of aliphatic hydroxyl groups is 1. The van der Waals surface area contributed by atoms with Crippen molar-refractivity contribution in [1.29, 1.82) is 0 Å². The predicted molar refractivity (Wildman–Crippen MR) is 82.3 cm³/mol. The van der Waals surface area contributed by atoms with Gasteiger partial charge in [0, 0.05) is 5.88 Å². The predicted octanol–water partition coefficient (Wildman–Crippen LogP) is 1.49. The minimum Gasteiger partial charge on any atom is -0.454 e. The van der Waals surface area contributed by atoms with Crippen LogP contribution in [-0.2, 0) is 20.5 Å². The second kappa shape index (κ2) is 6.14. The van der Waals surface area contributed by atoms with Gasteiger partial charge in [-0.2, -0.15) is 0 Å². The van der Waals surface area contributed by atoms with E-state index in [2.05, 4.69) is 11.6 Å². The zero-order valence-corrected chi connectivity index (χ0v) is 14.3. The second-order valence-corrected chi connectivity index (χ2v) is 7.98. The van der Waals surface area contributed by atoms with Crippen LogP contribution in [0.1, 0.15) is 46.5 Å². The lowest BCUT2D eigenvalue weighted by Gasteiger charge is -2.54. The fraction of sp³-hybridized carbons (Fsp3) is 0.929. The van der Waals surface area contributed by atoms with Crippen molar-refractivity contribution in [2.24, 2.45) is 5.92 Å². The number of alkyl halides is 1. The van der Waals surface area contributed by atoms with E-state index in [-0.39, 0.29) is 11.2 Å². The fourth-order valence-corrected chi connectivity index (χ4v) is 5.66. The summed E-state index contributed by atoms with van der Waals surface area (Å²) in [4.78, 5) is 12.1. The highest BCUT2D eigenvalue weighted by Crippen LogP contribution is 2.52. The normalized spacial score (nSPS) is 41.1. The Morgan fingerprint density at radius 1 is 1.57 bits per heavy atom. The average molecular weight is 338 g/mol. The number of fused-ring (bicyclic) bond motifs is 1. The number of carbonyl (C=O) groups is 1. The summed E-state index contributed by atoms with van der Waals surface area (Å²) in [5.41, 5.74) is -2.22. The quantitative estimate of drug-likeness (QED) is 0.545. The minimum atomic E-state index is -1.44. The first-order chi connectivity index (χ1) is 9.85. The number of esters is 1. The van der Waals surface area contributed by atoms with E-state index in [1.165, 1.54) is 0 Å². The molecule has 0 aromatic carbocycles. The van der Waals surface area contributed by atoms with E-state index in [1.54, 1.807) is 6.92 Å². The lowest BCUT2D eigenvalue weighted by atomic mass is 9.66. The third-order valence-electron chi connectivity index (χ3n) is 4.91. The van der Waals surface area contributed by atoms with Crippen LogP contribution in [0.3, 0.4) is 0 Å². The number of halogens is 1. The summed E-state index contributed by atoms with van der Waals surface area (Å²) in [5, 5.41) is 10.3. The van der Waals surface area contributed by atoms with Gasteiger partial charge in [0.15, 0.2) is 11.1 Å². The molecular weight excluding hydrogens is 314 g/mol. The van der Waals surface area contributed by atoms with Crippen molar-refractivity contribution in [2.75, 3.05) is 5.88 Å². The van der Waals surface area contributed by atoms with Gasteiger partial charge in [0.25, 0.3) is 0 Å². The zero-order valence-electron chi connectivity index (χ0n) is 12.7. The summed E-state index contributed by atoms with van der Waals surface area (Å²) in [6, 6.07) is 0. The van der Waals surface area contributed by atoms with E-state index in [0.717, 1.165) is 19.3 Å². The van der Waals surface area contributed by atoms with Crippen LogP contribution >= 0.6 is 11.6 Å². The molecular formula is C14H24ClNO4S. The van der Waals surface area contributed by atoms with Crippen molar-refractivity contribution in [3.05, 3.63) is 0 Å². The van der Waals surface area contributed by atoms with Crippen molar-refractivity contribution in [2.45, 2.75) is 68.9 Å². The van der Waals surface area contributed by atoms with Crippen LogP contribution in [0.2, 0.25) is 0 Å². The monoisotopic (exact) mass is 337 g/mol. The SMILES string of the molecule is CCCC[C@@H](C)[C@H](O)[C@@]12NS(=O)[C@H](CCCl)[C@]1(C)OC2=O. The van der Waals surface area contributed by atoms with Gasteiger partial charge in [0.2, 0.25) is 0 Å². The van der Waals surface area contributed by atoms with Gasteiger partial charge < -0.3 is 9.84 Å². The Balaban J connectivity index is 2.27. The fourth-order valence-electron chi connectivity index (χ4n) is 3.47. The third kappa shape index (κ3) is 2.35. The van der Waals surface area contributed by atoms with Crippen molar-refractivity contribution < 1.29 is 18.8 Å². The van der Waals surface area contributed by atoms with Crippen LogP contribution in [-0.4, -0.2) is 43.7 Å². The van der Waals surface area contributed by atoms with E-state index >= 15 is 0 Å². The number of hydrogen-bond acceptors (Lipinski definition) is 4. The first-order valence-corrected chi connectivity index (χ1v) is 9.25. The Bertz CT molecular complexity index is 449. The number of aliphatic hydroxyl groups excluding tert-OH is 1. The molecule has 0 spiro atoms. The second-order valence-electron chi connectivity index (χ2n) is 6.23. The third-order valence-corrected chi connectivity index (χ3v) is 6.85. The maximum Gasteiger partial charge on any atom is 0.334 e. The summed E-state index contributed by atoms with van der Waals surface area (Å²) in [6.45, 7) is 5.75. The number of hydrogen-bond donors (Lipinski definition) is 2. The van der Waals surface area contributed by atoms with Gasteiger partial charge in [0.1, 0.15) is 11.0 Å². The molecule has 2 heterocycles. The molecule has 0 saturated carbocycles. The molecule has 2 aliphatic heterocycles. The Morgan fingerprint density at radius 3 is 2.76 bits per heavy atom. The molecule has 0 aromatic heterocycles. The lowest BCUT2D eigenvalue weighted by molar-refractivity contribution is -0.233. The summed E-state index contributed by atoms with van der Waals surface area (Å²) >= 11 is 5.77. The van der Waals surface area contributed by atoms with Crippen LogP contribution in [0.4, 0.5) is 0 Å². The standard InChI is InChI=1S/C14H24ClNO4S/c1-4-5-6-9(2)11(17)14-12(18)20-13(14,3)10(7-8-15)21(19)16-14/h9-11,16-17H,4-8H2,1-3H3/t9-,10-,11+,13+,14+,21?/m1/s1. The molecule has 0 aliphatic carbocycles. The number of nitrogens with one attached hydrogen (secondary N) is 1. The molecule has 2 fully saturated rings. The largest absolute Gasteiger partial charge is 0.454 e. The van der Waals surface area contributed by atoms with Crippen LogP contribution in [0.25, 0.3) is 0 Å². The Kier molecular flexibility index (Phi) is 5.03. The maximum atomic E-state index is 12.3. The van der Waals surface area contributed by atoms with E-state index in [1.807, 2.05) is 6.92 Å². The molecule has 2 rings (SSSR count). The summed E-state index contributed by atoms with van der Waals surface area (Å²) in [7, 11) is -1.44. The van der Waals surface area contributed by atoms with E-state index < -0.39 is 34.2 Å². The van der Waals surface area contributed by atoms with Crippen LogP contribution in [0.5, 0.6) is 0 Å². The first kappa shape index (κ1) is 17.2. The number of unbranched alkanes of at least 4 members (excludes halogenated alkanes) is 1. The molecule has 0 radical (unpaired) electrons. The van der Waals surface area contributed by atoms with Gasteiger partial charge in [-0.3, -0.25) is 0 Å². The number of rotatable bonds is 7. The Labute approximate surface area is 133 Å². The molecule has 6 atom stereocenters. The smallest absolute Gasteiger partial charge is 0.334 e. The van der Waals surface area contributed by atoms with Crippen LogP contribution < -0.4 is 4.72 Å². The van der Waals surface area contributed by atoms with Crippen molar-refractivity contribution in [3.8, 4) is 0 Å². The summed E-state index contributed by atoms with van der Waals surface area (Å²) < 4.78 is 20.5. The molecule has 0 amide bonds. The highest BCUT2D eigenvalue weighted by atomic mass is 35.5. The van der Waals surface area contributed by atoms with Gasteiger partial charge in [-0.15, -0.1) is 11.6 Å². The molecule has 2 saturated heterocycles. The molecule has 122 valence electrons. The van der Waals surface area contributed by atoms with Crippen LogP contribution in [0.15, 0.2) is 0 Å². The highest BCUT2D eigenvalue weighted by molar-refractivity contribution is 7.84. The lowest BCUT2D eigenvalue weighted by Crippen LogP contribution is -2.80. The molecule has 1 unspecified atom stereocenters. The van der Waals surface area contributed by atoms with E-state index in [0.29, 0.717) is 12.3 Å². The summed E-state index contributed by atoms with van der Waals surface area (Å²) in [5.74, 6) is -0.245. The van der Waals surface area contributed by atoms with E-state index in [9.17, 15) is 14.1 Å². The van der Waals surface area contributed by atoms with Gasteiger partial charge in [-0.1, -0.05) is 26.7 Å². The minimum absolute atomic E-state index is 0.0728. The molecule has 5 nitrogen and oxygen atoms in total. The maximum absolute atomic E-state index is 12.3. The van der Waals surface area contributed by atoms with E-state index in [4.69, 9.17) is 16.3 Å². The molecule has 0 bridgehead atoms. The van der Waals surface area contributed by atoms with Gasteiger partial charge >= 0.3 is 5.97 Å². The molecule has 7 heteroatoms. The zero-order chi connectivity index (χ0) is 15.8. The van der Waals surface area contributed by atoms with Crippen LogP contribution in [0, 0.1) is 5.92 Å². The average Bonchev–Trinajstić information content (AvgIpc) is 2.62. The summed E-state index contributed by atoms with van der Waals surface area (Å²) in [6.07, 6.45) is 2.38. The van der Waals surface area contributed by atoms with Crippen molar-refractivity contribution in [3.63, 3.8) is 0 Å². The van der Waals surface area contributed by atoms with Gasteiger partial charge in [0.05, 0.1) is 11.4 Å². The number of carbonyl (C=O) groups excluding carboxylic acids is 1.